The SMILES string of the molecule is CCOC(=O)c1cnn(C)c1CNCC(C)(C)C(C)C. The van der Waals surface area contributed by atoms with Crippen LogP contribution in [0.2, 0.25) is 0 Å². The van der Waals surface area contributed by atoms with E-state index in [1.165, 1.54) is 0 Å². The van der Waals surface area contributed by atoms with Gasteiger partial charge in [-0.25, -0.2) is 4.79 Å². The molecular formula is C15H27N3O2. The first-order valence-electron chi connectivity index (χ1n) is 7.18. The van der Waals surface area contributed by atoms with Crippen LogP contribution in [0.3, 0.4) is 0 Å². The van der Waals surface area contributed by atoms with Gasteiger partial charge in [-0.2, -0.15) is 5.10 Å². The minimum Gasteiger partial charge on any atom is -0.462 e. The Hall–Kier alpha value is -1.36. The van der Waals surface area contributed by atoms with Crippen LogP contribution < -0.4 is 5.32 Å². The van der Waals surface area contributed by atoms with E-state index in [-0.39, 0.29) is 11.4 Å². The lowest BCUT2D eigenvalue weighted by Crippen LogP contribution is -2.33. The molecule has 0 bridgehead atoms. The van der Waals surface area contributed by atoms with Gasteiger partial charge in [-0.15, -0.1) is 0 Å². The first-order chi connectivity index (χ1) is 9.29. The normalized spacial score (nSPS) is 11.9. The summed E-state index contributed by atoms with van der Waals surface area (Å²) in [5.41, 5.74) is 1.62. The fourth-order valence-corrected chi connectivity index (χ4v) is 1.76. The third-order valence-corrected chi connectivity index (χ3v) is 3.99. The largest absolute Gasteiger partial charge is 0.462 e. The maximum absolute atomic E-state index is 11.8. The Morgan fingerprint density at radius 1 is 1.50 bits per heavy atom. The van der Waals surface area contributed by atoms with Crippen LogP contribution in [0.5, 0.6) is 0 Å². The maximum Gasteiger partial charge on any atom is 0.341 e. The van der Waals surface area contributed by atoms with Crippen LogP contribution in [0.4, 0.5) is 0 Å². The number of carbonyl (C=O) groups is 1. The highest BCUT2D eigenvalue weighted by molar-refractivity contribution is 5.90. The Morgan fingerprint density at radius 3 is 2.70 bits per heavy atom. The molecule has 5 heteroatoms. The molecule has 0 atom stereocenters. The summed E-state index contributed by atoms with van der Waals surface area (Å²) in [5.74, 6) is 0.284. The van der Waals surface area contributed by atoms with Gasteiger partial charge in [0, 0.05) is 20.1 Å². The molecule has 5 nitrogen and oxygen atoms in total. The van der Waals surface area contributed by atoms with E-state index in [1.807, 2.05) is 7.05 Å². The highest BCUT2D eigenvalue weighted by Crippen LogP contribution is 2.24. The first-order valence-corrected chi connectivity index (χ1v) is 7.18. The number of carbonyl (C=O) groups excluding carboxylic acids is 1. The molecule has 0 saturated carbocycles. The maximum atomic E-state index is 11.8. The zero-order valence-corrected chi connectivity index (χ0v) is 13.5. The van der Waals surface area contributed by atoms with Gasteiger partial charge >= 0.3 is 5.97 Å². The molecule has 20 heavy (non-hydrogen) atoms. The second-order valence-corrected chi connectivity index (χ2v) is 6.10. The van der Waals surface area contributed by atoms with Crippen LogP contribution in [0.25, 0.3) is 0 Å². The lowest BCUT2D eigenvalue weighted by molar-refractivity contribution is 0.0524. The second-order valence-electron chi connectivity index (χ2n) is 6.10. The molecule has 1 aromatic rings. The van der Waals surface area contributed by atoms with Crippen molar-refractivity contribution in [3.05, 3.63) is 17.5 Å². The number of nitrogens with one attached hydrogen (secondary N) is 1. The minimum atomic E-state index is -0.305. The van der Waals surface area contributed by atoms with E-state index in [0.29, 0.717) is 24.6 Å². The highest BCUT2D eigenvalue weighted by atomic mass is 16.5. The number of aryl methyl sites for hydroxylation is 1. The van der Waals surface area contributed by atoms with Gasteiger partial charge in [0.25, 0.3) is 0 Å². The molecule has 114 valence electrons. The minimum absolute atomic E-state index is 0.211. The fourth-order valence-electron chi connectivity index (χ4n) is 1.76. The van der Waals surface area contributed by atoms with Crippen LogP contribution in [0, 0.1) is 11.3 Å². The molecule has 0 aromatic carbocycles. The van der Waals surface area contributed by atoms with E-state index >= 15 is 0 Å². The Bertz CT molecular complexity index is 450. The summed E-state index contributed by atoms with van der Waals surface area (Å²) in [7, 11) is 1.84. The van der Waals surface area contributed by atoms with E-state index in [9.17, 15) is 4.79 Å². The number of nitrogens with zero attached hydrogens (tertiary/aromatic N) is 2. The Labute approximate surface area is 121 Å². The number of ether oxygens (including phenoxy) is 1. The molecule has 0 saturated heterocycles. The number of esters is 1. The molecule has 0 aliphatic carbocycles. The van der Waals surface area contributed by atoms with Crippen molar-refractivity contribution in [3.8, 4) is 0 Å². The third kappa shape index (κ3) is 4.07. The van der Waals surface area contributed by atoms with Gasteiger partial charge < -0.3 is 10.1 Å². The monoisotopic (exact) mass is 281 g/mol. The molecular weight excluding hydrogens is 254 g/mol. The van der Waals surface area contributed by atoms with Crippen LogP contribution >= 0.6 is 0 Å². The van der Waals surface area contributed by atoms with Gasteiger partial charge in [-0.05, 0) is 18.3 Å². The van der Waals surface area contributed by atoms with Gasteiger partial charge in [0.15, 0.2) is 0 Å². The van der Waals surface area contributed by atoms with E-state index < -0.39 is 0 Å². The van der Waals surface area contributed by atoms with E-state index in [2.05, 4.69) is 38.1 Å². The van der Waals surface area contributed by atoms with Crippen LogP contribution in [0.1, 0.15) is 50.7 Å². The van der Waals surface area contributed by atoms with Gasteiger partial charge in [0.05, 0.1) is 18.5 Å². The summed E-state index contributed by atoms with van der Waals surface area (Å²) in [6, 6.07) is 0. The third-order valence-electron chi connectivity index (χ3n) is 3.99. The number of hydrogen-bond donors (Lipinski definition) is 1. The van der Waals surface area contributed by atoms with Crippen LogP contribution in [-0.4, -0.2) is 28.9 Å². The standard InChI is InChI=1S/C15H27N3O2/c1-7-20-14(19)12-8-17-18(6)13(12)9-16-10-15(4,5)11(2)3/h8,11,16H,7,9-10H2,1-6H3. The first kappa shape index (κ1) is 16.7. The summed E-state index contributed by atoms with van der Waals surface area (Å²) < 4.78 is 6.77. The smallest absolute Gasteiger partial charge is 0.341 e. The van der Waals surface area contributed by atoms with Gasteiger partial charge in [0.1, 0.15) is 5.56 Å². The van der Waals surface area contributed by atoms with Crippen molar-refractivity contribution in [1.29, 1.82) is 0 Å². The zero-order valence-electron chi connectivity index (χ0n) is 13.5. The molecule has 0 spiro atoms. The molecule has 0 aliphatic heterocycles. The predicted molar refractivity (Wildman–Crippen MR) is 79.5 cm³/mol. The Balaban J connectivity index is 2.69. The molecule has 0 unspecified atom stereocenters. The number of aromatic nitrogens is 2. The molecule has 0 radical (unpaired) electrons. The fraction of sp³-hybridized carbons (Fsp3) is 0.733. The van der Waals surface area contributed by atoms with E-state index in [4.69, 9.17) is 4.74 Å². The van der Waals surface area contributed by atoms with Crippen molar-refractivity contribution >= 4 is 5.97 Å². The van der Waals surface area contributed by atoms with Crippen molar-refractivity contribution in [2.75, 3.05) is 13.2 Å². The second kappa shape index (κ2) is 6.88. The average Bonchev–Trinajstić information content (AvgIpc) is 2.71. The summed E-state index contributed by atoms with van der Waals surface area (Å²) in [5, 5.41) is 7.56. The summed E-state index contributed by atoms with van der Waals surface area (Å²) in [6.45, 7) is 12.6. The number of rotatable bonds is 7. The molecule has 1 aromatic heterocycles. The lowest BCUT2D eigenvalue weighted by Gasteiger charge is -2.29. The molecule has 1 rings (SSSR count). The Morgan fingerprint density at radius 2 is 2.15 bits per heavy atom. The van der Waals surface area contributed by atoms with Gasteiger partial charge in [-0.3, -0.25) is 4.68 Å². The van der Waals surface area contributed by atoms with E-state index in [0.717, 1.165) is 12.2 Å². The van der Waals surface area contributed by atoms with Crippen LogP contribution in [-0.2, 0) is 18.3 Å². The van der Waals surface area contributed by atoms with Crippen molar-refractivity contribution in [2.24, 2.45) is 18.4 Å². The lowest BCUT2D eigenvalue weighted by atomic mass is 9.81. The topological polar surface area (TPSA) is 56.1 Å². The number of hydrogen-bond acceptors (Lipinski definition) is 4. The van der Waals surface area contributed by atoms with Crippen molar-refractivity contribution in [2.45, 2.75) is 41.2 Å². The molecule has 0 aliphatic rings. The van der Waals surface area contributed by atoms with Crippen molar-refractivity contribution < 1.29 is 9.53 Å². The zero-order chi connectivity index (χ0) is 15.3. The highest BCUT2D eigenvalue weighted by Gasteiger charge is 2.23. The van der Waals surface area contributed by atoms with Gasteiger partial charge in [-0.1, -0.05) is 27.7 Å². The van der Waals surface area contributed by atoms with Gasteiger partial charge in [0.2, 0.25) is 0 Å². The molecule has 1 heterocycles. The molecule has 0 fully saturated rings. The van der Waals surface area contributed by atoms with Crippen molar-refractivity contribution in [1.82, 2.24) is 15.1 Å². The summed E-state index contributed by atoms with van der Waals surface area (Å²) in [6.07, 6.45) is 1.57. The predicted octanol–water partition coefficient (Wildman–Crippen LogP) is 2.37. The summed E-state index contributed by atoms with van der Waals surface area (Å²) in [4.78, 5) is 11.8. The van der Waals surface area contributed by atoms with E-state index in [1.54, 1.807) is 17.8 Å². The summed E-state index contributed by atoms with van der Waals surface area (Å²) >= 11 is 0. The Kier molecular flexibility index (Phi) is 5.74. The van der Waals surface area contributed by atoms with Crippen molar-refractivity contribution in [3.63, 3.8) is 0 Å². The van der Waals surface area contributed by atoms with Crippen LogP contribution in [0.15, 0.2) is 6.20 Å². The quantitative estimate of drug-likeness (QED) is 0.780. The molecule has 1 N–H and O–H groups in total. The molecule has 0 amide bonds. The average molecular weight is 281 g/mol.